The van der Waals surface area contributed by atoms with Gasteiger partial charge in [0.2, 0.25) is 0 Å². The highest BCUT2D eigenvalue weighted by Crippen LogP contribution is 2.09. The normalized spacial score (nSPS) is 11.1. The van der Waals surface area contributed by atoms with Crippen LogP contribution in [0, 0.1) is 12.8 Å². The summed E-state index contributed by atoms with van der Waals surface area (Å²) in [4.78, 5) is 4.21. The van der Waals surface area contributed by atoms with Crippen LogP contribution >= 0.6 is 0 Å². The molecule has 0 saturated carbocycles. The second kappa shape index (κ2) is 5.84. The van der Waals surface area contributed by atoms with Crippen LogP contribution in [0.25, 0.3) is 0 Å². The van der Waals surface area contributed by atoms with Crippen molar-refractivity contribution in [1.82, 2.24) is 9.55 Å². The van der Waals surface area contributed by atoms with E-state index in [1.165, 1.54) is 25.7 Å². The average Bonchev–Trinajstić information content (AvgIpc) is 2.51. The summed E-state index contributed by atoms with van der Waals surface area (Å²) >= 11 is 0. The zero-order chi connectivity index (χ0) is 10.4. The van der Waals surface area contributed by atoms with Gasteiger partial charge in [0.15, 0.2) is 0 Å². The van der Waals surface area contributed by atoms with Crippen LogP contribution in [-0.2, 0) is 6.54 Å². The standard InChI is InChI=1S/C12H22N2/c1-11(2)7-5-4-6-9-14-10-8-13-12(14)3/h8,10-11H,4-7,9H2,1-3H3. The fraction of sp³-hybridized carbons (Fsp3) is 0.750. The first kappa shape index (κ1) is 11.3. The summed E-state index contributed by atoms with van der Waals surface area (Å²) in [7, 11) is 0. The Kier molecular flexibility index (Phi) is 4.71. The molecule has 1 rings (SSSR count). The van der Waals surface area contributed by atoms with Gasteiger partial charge >= 0.3 is 0 Å². The second-order valence-electron chi connectivity index (χ2n) is 4.41. The van der Waals surface area contributed by atoms with E-state index in [9.17, 15) is 0 Å². The van der Waals surface area contributed by atoms with Gasteiger partial charge < -0.3 is 4.57 Å². The van der Waals surface area contributed by atoms with Crippen LogP contribution in [-0.4, -0.2) is 9.55 Å². The maximum Gasteiger partial charge on any atom is 0.105 e. The lowest BCUT2D eigenvalue weighted by Gasteiger charge is -2.06. The minimum Gasteiger partial charge on any atom is -0.335 e. The van der Waals surface area contributed by atoms with Crippen molar-refractivity contribution in [3.8, 4) is 0 Å². The van der Waals surface area contributed by atoms with Gasteiger partial charge in [-0.2, -0.15) is 0 Å². The zero-order valence-electron chi connectivity index (χ0n) is 9.66. The molecule has 0 aliphatic rings. The largest absolute Gasteiger partial charge is 0.335 e. The number of hydrogen-bond donors (Lipinski definition) is 0. The Hall–Kier alpha value is -0.790. The molecule has 0 aliphatic heterocycles. The summed E-state index contributed by atoms with van der Waals surface area (Å²) < 4.78 is 2.23. The quantitative estimate of drug-likeness (QED) is 0.635. The molecule has 2 heteroatoms. The number of aromatic nitrogens is 2. The SMILES string of the molecule is Cc1nccn1CCCCCC(C)C. The number of imidazole rings is 1. The fourth-order valence-corrected chi connectivity index (χ4v) is 1.65. The molecule has 1 heterocycles. The first-order valence-corrected chi connectivity index (χ1v) is 5.68. The van der Waals surface area contributed by atoms with Crippen molar-refractivity contribution in [2.45, 2.75) is 53.0 Å². The highest BCUT2D eigenvalue weighted by Gasteiger charge is 1.97. The third kappa shape index (κ3) is 3.95. The molecule has 0 saturated heterocycles. The highest BCUT2D eigenvalue weighted by atomic mass is 15.0. The Morgan fingerprint density at radius 1 is 1.29 bits per heavy atom. The van der Waals surface area contributed by atoms with Crippen molar-refractivity contribution in [1.29, 1.82) is 0 Å². The number of nitrogens with zero attached hydrogens (tertiary/aromatic N) is 2. The average molecular weight is 194 g/mol. The Morgan fingerprint density at radius 2 is 2.07 bits per heavy atom. The molecule has 14 heavy (non-hydrogen) atoms. The lowest BCUT2D eigenvalue weighted by molar-refractivity contribution is 0.504. The Bertz CT molecular complexity index is 251. The van der Waals surface area contributed by atoms with Crippen molar-refractivity contribution in [3.05, 3.63) is 18.2 Å². The van der Waals surface area contributed by atoms with Crippen LogP contribution in [0.5, 0.6) is 0 Å². The number of rotatable bonds is 6. The van der Waals surface area contributed by atoms with Gasteiger partial charge in [-0.3, -0.25) is 0 Å². The van der Waals surface area contributed by atoms with Gasteiger partial charge in [0, 0.05) is 18.9 Å². The van der Waals surface area contributed by atoms with Gasteiger partial charge in [-0.25, -0.2) is 4.98 Å². The summed E-state index contributed by atoms with van der Waals surface area (Å²) in [5.74, 6) is 1.99. The fourth-order valence-electron chi connectivity index (χ4n) is 1.65. The third-order valence-electron chi connectivity index (χ3n) is 2.60. The molecule has 2 nitrogen and oxygen atoms in total. The molecule has 0 N–H and O–H groups in total. The van der Waals surface area contributed by atoms with Gasteiger partial charge in [-0.15, -0.1) is 0 Å². The highest BCUT2D eigenvalue weighted by molar-refractivity contribution is 4.87. The van der Waals surface area contributed by atoms with Gasteiger partial charge in [0.25, 0.3) is 0 Å². The van der Waals surface area contributed by atoms with E-state index in [1.54, 1.807) is 0 Å². The van der Waals surface area contributed by atoms with Gasteiger partial charge in [-0.1, -0.05) is 33.1 Å². The minimum atomic E-state index is 0.852. The van der Waals surface area contributed by atoms with E-state index in [1.807, 2.05) is 6.20 Å². The summed E-state index contributed by atoms with van der Waals surface area (Å²) in [5, 5.41) is 0. The molecule has 80 valence electrons. The molecule has 0 aromatic carbocycles. The van der Waals surface area contributed by atoms with Gasteiger partial charge in [0.1, 0.15) is 5.82 Å². The minimum absolute atomic E-state index is 0.852. The predicted octanol–water partition coefficient (Wildman–Crippen LogP) is 3.41. The zero-order valence-corrected chi connectivity index (χ0v) is 9.66. The van der Waals surface area contributed by atoms with E-state index in [2.05, 4.69) is 36.5 Å². The lowest BCUT2D eigenvalue weighted by Crippen LogP contribution is -1.99. The Balaban J connectivity index is 2.08. The van der Waals surface area contributed by atoms with Crippen molar-refractivity contribution < 1.29 is 0 Å². The summed E-state index contributed by atoms with van der Waals surface area (Å²) in [6, 6.07) is 0. The van der Waals surface area contributed by atoms with Crippen LogP contribution in [0.3, 0.4) is 0 Å². The maximum absolute atomic E-state index is 4.21. The van der Waals surface area contributed by atoms with E-state index < -0.39 is 0 Å². The molecule has 0 spiro atoms. The molecule has 0 unspecified atom stereocenters. The molecular formula is C12H22N2. The van der Waals surface area contributed by atoms with Crippen LogP contribution < -0.4 is 0 Å². The molecule has 0 fully saturated rings. The summed E-state index contributed by atoms with van der Waals surface area (Å²) in [6.07, 6.45) is 9.30. The van der Waals surface area contributed by atoms with E-state index >= 15 is 0 Å². The lowest BCUT2D eigenvalue weighted by atomic mass is 10.1. The Morgan fingerprint density at radius 3 is 2.64 bits per heavy atom. The van der Waals surface area contributed by atoms with Crippen molar-refractivity contribution in [3.63, 3.8) is 0 Å². The van der Waals surface area contributed by atoms with Gasteiger partial charge in [-0.05, 0) is 19.3 Å². The topological polar surface area (TPSA) is 17.8 Å². The Labute approximate surface area is 87.4 Å². The summed E-state index contributed by atoms with van der Waals surface area (Å²) in [6.45, 7) is 7.78. The van der Waals surface area contributed by atoms with Crippen LogP contribution in [0.2, 0.25) is 0 Å². The smallest absolute Gasteiger partial charge is 0.105 e. The van der Waals surface area contributed by atoms with Crippen molar-refractivity contribution in [2.24, 2.45) is 5.92 Å². The molecule has 0 bridgehead atoms. The monoisotopic (exact) mass is 194 g/mol. The molecule has 1 aromatic heterocycles. The molecule has 0 atom stereocenters. The number of aryl methyl sites for hydroxylation is 2. The number of unbranched alkanes of at least 4 members (excludes halogenated alkanes) is 2. The first-order valence-electron chi connectivity index (χ1n) is 5.68. The summed E-state index contributed by atoms with van der Waals surface area (Å²) in [5.41, 5.74) is 0. The third-order valence-corrected chi connectivity index (χ3v) is 2.60. The van der Waals surface area contributed by atoms with Crippen molar-refractivity contribution >= 4 is 0 Å². The van der Waals surface area contributed by atoms with Crippen LogP contribution in [0.15, 0.2) is 12.4 Å². The number of hydrogen-bond acceptors (Lipinski definition) is 1. The first-order chi connectivity index (χ1) is 6.70. The van der Waals surface area contributed by atoms with Crippen molar-refractivity contribution in [2.75, 3.05) is 0 Å². The second-order valence-corrected chi connectivity index (χ2v) is 4.41. The molecular weight excluding hydrogens is 172 g/mol. The predicted molar refractivity (Wildman–Crippen MR) is 60.3 cm³/mol. The van der Waals surface area contributed by atoms with Crippen LogP contribution in [0.4, 0.5) is 0 Å². The van der Waals surface area contributed by atoms with Crippen LogP contribution in [0.1, 0.15) is 45.4 Å². The molecule has 0 aliphatic carbocycles. The van der Waals surface area contributed by atoms with Gasteiger partial charge in [0.05, 0.1) is 0 Å². The van der Waals surface area contributed by atoms with E-state index in [0.717, 1.165) is 18.3 Å². The van der Waals surface area contributed by atoms with E-state index in [0.29, 0.717) is 0 Å². The molecule has 0 radical (unpaired) electrons. The van der Waals surface area contributed by atoms with E-state index in [-0.39, 0.29) is 0 Å². The van der Waals surface area contributed by atoms with E-state index in [4.69, 9.17) is 0 Å². The molecule has 1 aromatic rings. The molecule has 0 amide bonds. The maximum atomic E-state index is 4.21.